The minimum atomic E-state index is -4.59. The van der Waals surface area contributed by atoms with Crippen LogP contribution in [0.3, 0.4) is 0 Å². The number of amides is 1. The predicted octanol–water partition coefficient (Wildman–Crippen LogP) is 3.70. The van der Waals surface area contributed by atoms with Gasteiger partial charge in [0.05, 0.1) is 5.56 Å². The van der Waals surface area contributed by atoms with Crippen molar-refractivity contribution in [3.05, 3.63) is 53.1 Å². The van der Waals surface area contributed by atoms with Crippen LogP contribution < -0.4 is 0 Å². The van der Waals surface area contributed by atoms with E-state index < -0.39 is 23.5 Å². The van der Waals surface area contributed by atoms with E-state index >= 15 is 0 Å². The molecule has 0 atom stereocenters. The van der Waals surface area contributed by atoms with E-state index in [1.54, 1.807) is 4.90 Å². The maximum Gasteiger partial charge on any atom is 0.416 e. The molecule has 0 saturated carbocycles. The number of likely N-dealkylation sites (tertiary alicyclic amines) is 2. The van der Waals surface area contributed by atoms with Crippen LogP contribution in [-0.2, 0) is 12.7 Å². The maximum absolute atomic E-state index is 13.7. The minimum absolute atomic E-state index is 0.0483. The highest BCUT2D eigenvalue weighted by atomic mass is 19.4. The van der Waals surface area contributed by atoms with Crippen molar-refractivity contribution < 1.29 is 32.3 Å². The Balaban J connectivity index is 1.35. The average Bonchev–Trinajstić information content (AvgIpc) is 3.35. The summed E-state index contributed by atoms with van der Waals surface area (Å²) in [6, 6.07) is 3.50. The summed E-state index contributed by atoms with van der Waals surface area (Å²) in [5, 5.41) is 12.7. The molecular formula is C21H22F4N4O3. The Morgan fingerprint density at radius 3 is 2.41 bits per heavy atom. The first kappa shape index (κ1) is 22.3. The number of aromatic nitrogens is 2. The maximum atomic E-state index is 13.7. The van der Waals surface area contributed by atoms with Gasteiger partial charge in [0, 0.05) is 32.4 Å². The summed E-state index contributed by atoms with van der Waals surface area (Å²) in [4.78, 5) is 27.2. The Hall–Kier alpha value is -2.95. The number of hydrogen-bond acceptors (Lipinski definition) is 4. The minimum Gasteiger partial charge on any atom is -0.476 e. The summed E-state index contributed by atoms with van der Waals surface area (Å²) in [5.41, 5.74) is -0.954. The van der Waals surface area contributed by atoms with Crippen molar-refractivity contribution in [1.29, 1.82) is 0 Å². The summed E-state index contributed by atoms with van der Waals surface area (Å²) in [6.45, 7) is 2.54. The van der Waals surface area contributed by atoms with Crippen LogP contribution in [0, 0.1) is 11.2 Å². The number of carboxylic acids is 1. The highest BCUT2D eigenvalue weighted by Crippen LogP contribution is 2.41. The Labute approximate surface area is 181 Å². The summed E-state index contributed by atoms with van der Waals surface area (Å²) in [6.07, 6.45) is -0.982. The van der Waals surface area contributed by atoms with Crippen molar-refractivity contribution in [2.45, 2.75) is 32.0 Å². The number of carbonyl (C=O) groups excluding carboxylic acids is 1. The van der Waals surface area contributed by atoms with Gasteiger partial charge in [0.1, 0.15) is 5.82 Å². The fraction of sp³-hybridized carbons (Fsp3) is 0.476. The van der Waals surface area contributed by atoms with Gasteiger partial charge in [-0.25, -0.2) is 14.0 Å². The van der Waals surface area contributed by atoms with E-state index in [4.69, 9.17) is 5.11 Å². The molecule has 1 aromatic carbocycles. The van der Waals surface area contributed by atoms with E-state index in [9.17, 15) is 27.2 Å². The molecule has 2 aliphatic heterocycles. The van der Waals surface area contributed by atoms with E-state index in [0.717, 1.165) is 36.1 Å². The lowest BCUT2D eigenvalue weighted by Gasteiger charge is -2.39. The molecule has 4 rings (SSSR count). The second-order valence-electron chi connectivity index (χ2n) is 8.53. The smallest absolute Gasteiger partial charge is 0.416 e. The highest BCUT2D eigenvalue weighted by Gasteiger charge is 2.41. The average molecular weight is 454 g/mol. The number of carboxylic acid groups (broad SMARTS) is 1. The molecular weight excluding hydrogens is 432 g/mol. The van der Waals surface area contributed by atoms with Gasteiger partial charge >= 0.3 is 18.2 Å². The summed E-state index contributed by atoms with van der Waals surface area (Å²) < 4.78 is 53.6. The van der Waals surface area contributed by atoms with Crippen molar-refractivity contribution in [2.75, 3.05) is 26.2 Å². The van der Waals surface area contributed by atoms with E-state index in [1.807, 2.05) is 4.90 Å². The second-order valence-corrected chi connectivity index (χ2v) is 8.53. The van der Waals surface area contributed by atoms with Gasteiger partial charge in [0.25, 0.3) is 0 Å². The number of alkyl halides is 3. The topological polar surface area (TPSA) is 78.7 Å². The largest absolute Gasteiger partial charge is 0.476 e. The molecule has 1 aromatic heterocycles. The molecule has 2 saturated heterocycles. The van der Waals surface area contributed by atoms with Crippen molar-refractivity contribution in [3.63, 3.8) is 0 Å². The van der Waals surface area contributed by atoms with Gasteiger partial charge < -0.3 is 10.0 Å². The van der Waals surface area contributed by atoms with E-state index in [-0.39, 0.29) is 29.2 Å². The lowest BCUT2D eigenvalue weighted by atomic mass is 9.78. The first-order valence-corrected chi connectivity index (χ1v) is 10.2. The second kappa shape index (κ2) is 8.19. The van der Waals surface area contributed by atoms with Crippen LogP contribution in [0.4, 0.5) is 22.4 Å². The molecule has 32 heavy (non-hydrogen) atoms. The molecule has 0 aliphatic carbocycles. The fourth-order valence-electron chi connectivity index (χ4n) is 4.60. The molecule has 1 amide bonds. The van der Waals surface area contributed by atoms with Crippen LogP contribution in [0.1, 0.15) is 40.9 Å². The predicted molar refractivity (Wildman–Crippen MR) is 105 cm³/mol. The van der Waals surface area contributed by atoms with Gasteiger partial charge in [-0.1, -0.05) is 0 Å². The third-order valence-corrected chi connectivity index (χ3v) is 6.31. The number of halogens is 4. The van der Waals surface area contributed by atoms with Gasteiger partial charge in [-0.2, -0.15) is 23.0 Å². The molecule has 2 aliphatic rings. The van der Waals surface area contributed by atoms with Crippen LogP contribution in [0.25, 0.3) is 0 Å². The van der Waals surface area contributed by atoms with Gasteiger partial charge in [0.15, 0.2) is 5.69 Å². The van der Waals surface area contributed by atoms with Crippen LogP contribution in [0.15, 0.2) is 30.5 Å². The number of aromatic carboxylic acids is 1. The van der Waals surface area contributed by atoms with Crippen LogP contribution in [0.2, 0.25) is 0 Å². The molecule has 0 bridgehead atoms. The third kappa shape index (κ3) is 4.62. The Morgan fingerprint density at radius 1 is 1.09 bits per heavy atom. The Morgan fingerprint density at radius 2 is 1.78 bits per heavy atom. The van der Waals surface area contributed by atoms with Gasteiger partial charge in [-0.15, -0.1) is 0 Å². The summed E-state index contributed by atoms with van der Waals surface area (Å²) in [5.74, 6) is -2.11. The monoisotopic (exact) mass is 454 g/mol. The first-order chi connectivity index (χ1) is 15.0. The number of benzene rings is 1. The zero-order chi connectivity index (χ0) is 23.1. The molecule has 1 spiro atoms. The molecule has 172 valence electrons. The highest BCUT2D eigenvalue weighted by molar-refractivity contribution is 5.86. The molecule has 2 fully saturated rings. The standard InChI is InChI=1S/C21H22F4N4O3/c22-16-10-14(9-15(11-16)21(23,24)25)12-27-6-2-20(13-27)3-7-28(8-4-20)19(32)29-5-1-17(26-29)18(30)31/h1,5,9-11H,2-4,6-8,12-13H2,(H,30,31). The van der Waals surface area contributed by atoms with E-state index in [1.165, 1.54) is 12.3 Å². The zero-order valence-corrected chi connectivity index (χ0v) is 17.1. The van der Waals surface area contributed by atoms with E-state index in [2.05, 4.69) is 5.10 Å². The Kier molecular flexibility index (Phi) is 5.70. The SMILES string of the molecule is O=C(O)c1ccn(C(=O)N2CCC3(CCN(Cc4cc(F)cc(C(F)(F)F)c4)C3)CC2)n1. The van der Waals surface area contributed by atoms with Crippen molar-refractivity contribution in [2.24, 2.45) is 5.41 Å². The molecule has 3 heterocycles. The van der Waals surface area contributed by atoms with Crippen LogP contribution >= 0.6 is 0 Å². The fourth-order valence-corrected chi connectivity index (χ4v) is 4.60. The normalized spacial score (nSPS) is 18.9. The number of hydrogen-bond donors (Lipinski definition) is 1. The lowest BCUT2D eigenvalue weighted by molar-refractivity contribution is -0.137. The number of nitrogens with zero attached hydrogens (tertiary/aromatic N) is 4. The van der Waals surface area contributed by atoms with Gasteiger partial charge in [0.2, 0.25) is 0 Å². The molecule has 2 aromatic rings. The Bertz CT molecular complexity index is 1030. The third-order valence-electron chi connectivity index (χ3n) is 6.31. The quantitative estimate of drug-likeness (QED) is 0.716. The summed E-state index contributed by atoms with van der Waals surface area (Å²) in [7, 11) is 0. The number of rotatable bonds is 3. The van der Waals surface area contributed by atoms with Crippen molar-refractivity contribution in [1.82, 2.24) is 19.6 Å². The van der Waals surface area contributed by atoms with Crippen molar-refractivity contribution >= 4 is 12.0 Å². The number of carbonyl (C=O) groups is 2. The van der Waals surface area contributed by atoms with Crippen LogP contribution in [0.5, 0.6) is 0 Å². The zero-order valence-electron chi connectivity index (χ0n) is 17.1. The molecule has 0 unspecified atom stereocenters. The van der Waals surface area contributed by atoms with Gasteiger partial charge in [-0.05, 0) is 61.1 Å². The number of piperidine rings is 1. The molecule has 0 radical (unpaired) electrons. The first-order valence-electron chi connectivity index (χ1n) is 10.2. The molecule has 11 heteroatoms. The molecule has 7 nitrogen and oxygen atoms in total. The van der Waals surface area contributed by atoms with E-state index in [0.29, 0.717) is 32.2 Å². The van der Waals surface area contributed by atoms with Crippen LogP contribution in [-0.4, -0.2) is 62.9 Å². The van der Waals surface area contributed by atoms with Crippen molar-refractivity contribution in [3.8, 4) is 0 Å². The summed E-state index contributed by atoms with van der Waals surface area (Å²) >= 11 is 0. The molecule has 1 N–H and O–H groups in total. The lowest BCUT2D eigenvalue weighted by Crippen LogP contribution is -2.45. The van der Waals surface area contributed by atoms with Gasteiger partial charge in [-0.3, -0.25) is 4.90 Å².